The zero-order chi connectivity index (χ0) is 24.7. The number of hydrogen-bond acceptors (Lipinski definition) is 8. The molecule has 1 aromatic carbocycles. The second kappa shape index (κ2) is 9.16. The Morgan fingerprint density at radius 2 is 2.20 bits per heavy atom. The molecule has 1 atom stereocenters. The SMILES string of the molecule is CCOCc1c(-c2cc3cc(C)cc(OC)c3s2)c2c(N)ncnn2c1C(=O)N[C@@H]1CCNC1=O. The van der Waals surface area contributed by atoms with Crippen molar-refractivity contribution < 1.29 is 19.1 Å². The van der Waals surface area contributed by atoms with Crippen LogP contribution in [0.5, 0.6) is 5.75 Å². The van der Waals surface area contributed by atoms with Gasteiger partial charge in [0, 0.05) is 29.2 Å². The summed E-state index contributed by atoms with van der Waals surface area (Å²) in [5, 5.41) is 11.0. The van der Waals surface area contributed by atoms with Crippen LogP contribution in [0.15, 0.2) is 24.5 Å². The number of nitrogens with zero attached hydrogens (tertiary/aromatic N) is 3. The summed E-state index contributed by atoms with van der Waals surface area (Å²) in [6, 6.07) is 5.53. The van der Waals surface area contributed by atoms with Crippen LogP contribution in [0.3, 0.4) is 0 Å². The molecule has 1 saturated heterocycles. The molecule has 4 heterocycles. The second-order valence-electron chi connectivity index (χ2n) is 8.35. The molecule has 0 unspecified atom stereocenters. The minimum absolute atomic E-state index is 0.165. The van der Waals surface area contributed by atoms with Crippen molar-refractivity contribution >= 4 is 44.6 Å². The Hall–Kier alpha value is -3.70. The van der Waals surface area contributed by atoms with Crippen LogP contribution in [0.25, 0.3) is 26.0 Å². The van der Waals surface area contributed by atoms with Gasteiger partial charge in [-0.3, -0.25) is 9.59 Å². The summed E-state index contributed by atoms with van der Waals surface area (Å²) in [5.41, 5.74) is 9.58. The van der Waals surface area contributed by atoms with Crippen molar-refractivity contribution in [2.75, 3.05) is 26.0 Å². The van der Waals surface area contributed by atoms with Crippen molar-refractivity contribution in [1.82, 2.24) is 25.2 Å². The summed E-state index contributed by atoms with van der Waals surface area (Å²) < 4.78 is 13.9. The maximum Gasteiger partial charge on any atom is 0.271 e. The number of carbonyl (C=O) groups is 2. The number of aromatic nitrogens is 3. The topological polar surface area (TPSA) is 133 Å². The zero-order valence-electron chi connectivity index (χ0n) is 19.7. The van der Waals surface area contributed by atoms with Gasteiger partial charge in [-0.15, -0.1) is 11.3 Å². The summed E-state index contributed by atoms with van der Waals surface area (Å²) in [5.74, 6) is 0.397. The lowest BCUT2D eigenvalue weighted by molar-refractivity contribution is -0.120. The number of fused-ring (bicyclic) bond motifs is 2. The number of nitrogen functional groups attached to an aromatic ring is 1. The molecule has 35 heavy (non-hydrogen) atoms. The van der Waals surface area contributed by atoms with Crippen LogP contribution in [-0.2, 0) is 16.1 Å². The first-order valence-electron chi connectivity index (χ1n) is 11.3. The Balaban J connectivity index is 1.75. The van der Waals surface area contributed by atoms with Gasteiger partial charge in [-0.05, 0) is 43.4 Å². The molecular formula is C24H26N6O4S. The zero-order valence-corrected chi connectivity index (χ0v) is 20.5. The van der Waals surface area contributed by atoms with Gasteiger partial charge in [0.25, 0.3) is 5.91 Å². The largest absolute Gasteiger partial charge is 0.495 e. The molecule has 5 rings (SSSR count). The number of thiophene rings is 1. The fraction of sp³-hybridized carbons (Fsp3) is 0.333. The number of hydrogen-bond donors (Lipinski definition) is 3. The smallest absolute Gasteiger partial charge is 0.271 e. The lowest BCUT2D eigenvalue weighted by Crippen LogP contribution is -2.41. The second-order valence-corrected chi connectivity index (χ2v) is 9.40. The van der Waals surface area contributed by atoms with E-state index in [-0.39, 0.29) is 24.0 Å². The van der Waals surface area contributed by atoms with E-state index in [2.05, 4.69) is 32.8 Å². The highest BCUT2D eigenvalue weighted by molar-refractivity contribution is 7.22. The molecule has 0 spiro atoms. The highest BCUT2D eigenvalue weighted by Gasteiger charge is 2.32. The average Bonchev–Trinajstić information content (AvgIpc) is 3.52. The van der Waals surface area contributed by atoms with E-state index in [1.54, 1.807) is 7.11 Å². The summed E-state index contributed by atoms with van der Waals surface area (Å²) in [6.07, 6.45) is 1.83. The van der Waals surface area contributed by atoms with Crippen molar-refractivity contribution in [3.63, 3.8) is 0 Å². The molecule has 3 aromatic heterocycles. The Morgan fingerprint density at radius 3 is 2.91 bits per heavy atom. The number of ether oxygens (including phenoxy) is 2. The maximum absolute atomic E-state index is 13.5. The van der Waals surface area contributed by atoms with E-state index in [0.29, 0.717) is 30.7 Å². The minimum atomic E-state index is -0.604. The maximum atomic E-state index is 13.5. The van der Waals surface area contributed by atoms with E-state index in [1.807, 2.05) is 19.9 Å². The predicted octanol–water partition coefficient (Wildman–Crippen LogP) is 2.67. The Kier molecular flexibility index (Phi) is 6.03. The first-order valence-corrected chi connectivity index (χ1v) is 12.1. The van der Waals surface area contributed by atoms with Crippen LogP contribution < -0.4 is 21.1 Å². The van der Waals surface area contributed by atoms with Crippen LogP contribution in [0, 0.1) is 6.92 Å². The number of nitrogens with two attached hydrogens (primary N) is 1. The first-order chi connectivity index (χ1) is 16.9. The third kappa shape index (κ3) is 3.96. The highest BCUT2D eigenvalue weighted by atomic mass is 32.1. The van der Waals surface area contributed by atoms with E-state index in [4.69, 9.17) is 15.2 Å². The van der Waals surface area contributed by atoms with E-state index in [9.17, 15) is 9.59 Å². The third-order valence-electron chi connectivity index (χ3n) is 6.07. The van der Waals surface area contributed by atoms with Gasteiger partial charge in [0.1, 0.15) is 29.3 Å². The summed E-state index contributed by atoms with van der Waals surface area (Å²) in [4.78, 5) is 30.7. The van der Waals surface area contributed by atoms with Crippen LogP contribution >= 0.6 is 11.3 Å². The monoisotopic (exact) mass is 494 g/mol. The summed E-state index contributed by atoms with van der Waals surface area (Å²) in [6.45, 7) is 5.05. The van der Waals surface area contributed by atoms with Crippen LogP contribution in [-0.4, -0.2) is 52.7 Å². The van der Waals surface area contributed by atoms with Crippen molar-refractivity contribution in [2.24, 2.45) is 0 Å². The minimum Gasteiger partial charge on any atom is -0.495 e. The predicted molar refractivity (Wildman–Crippen MR) is 134 cm³/mol. The number of anilines is 1. The molecule has 1 aliphatic heterocycles. The molecule has 0 bridgehead atoms. The fourth-order valence-corrected chi connectivity index (χ4v) is 5.71. The third-order valence-corrected chi connectivity index (χ3v) is 7.25. The van der Waals surface area contributed by atoms with Gasteiger partial charge in [0.05, 0.1) is 18.4 Å². The van der Waals surface area contributed by atoms with Gasteiger partial charge in [0.15, 0.2) is 5.82 Å². The van der Waals surface area contributed by atoms with E-state index in [1.165, 1.54) is 22.2 Å². The Bertz CT molecular complexity index is 1460. The lowest BCUT2D eigenvalue weighted by atomic mass is 10.1. The summed E-state index contributed by atoms with van der Waals surface area (Å²) in [7, 11) is 1.65. The van der Waals surface area contributed by atoms with Crippen molar-refractivity contribution in [3.8, 4) is 16.2 Å². The number of methoxy groups -OCH3 is 1. The lowest BCUT2D eigenvalue weighted by Gasteiger charge is -2.11. The molecule has 2 amide bonds. The number of benzene rings is 1. The number of amides is 2. The van der Waals surface area contributed by atoms with E-state index >= 15 is 0 Å². The molecule has 182 valence electrons. The van der Waals surface area contributed by atoms with Gasteiger partial charge < -0.3 is 25.8 Å². The Morgan fingerprint density at radius 1 is 1.37 bits per heavy atom. The van der Waals surface area contributed by atoms with Crippen molar-refractivity contribution in [3.05, 3.63) is 41.3 Å². The number of carbonyl (C=O) groups excluding carboxylic acids is 2. The van der Waals surface area contributed by atoms with Crippen LogP contribution in [0.4, 0.5) is 5.82 Å². The highest BCUT2D eigenvalue weighted by Crippen LogP contribution is 2.44. The van der Waals surface area contributed by atoms with Gasteiger partial charge in [0.2, 0.25) is 5.91 Å². The van der Waals surface area contributed by atoms with Crippen molar-refractivity contribution in [2.45, 2.75) is 32.9 Å². The van der Waals surface area contributed by atoms with E-state index in [0.717, 1.165) is 31.8 Å². The molecule has 4 aromatic rings. The van der Waals surface area contributed by atoms with Gasteiger partial charge >= 0.3 is 0 Å². The molecular weight excluding hydrogens is 468 g/mol. The van der Waals surface area contributed by atoms with Gasteiger partial charge in [-0.1, -0.05) is 6.07 Å². The van der Waals surface area contributed by atoms with Crippen LogP contribution in [0.1, 0.15) is 35.0 Å². The summed E-state index contributed by atoms with van der Waals surface area (Å²) >= 11 is 1.54. The normalized spacial score (nSPS) is 15.6. The standard InChI is InChI=1S/C24H26N6O4S/c1-4-34-10-14-18(17-9-13-7-12(2)8-16(33-3)21(13)35-17)20-22(25)27-11-28-30(20)19(14)24(32)29-15-5-6-26-23(15)31/h7-9,11,15H,4-6,10H2,1-3H3,(H,26,31)(H,29,32)(H2,25,27,28)/t15-/m1/s1. The van der Waals surface area contributed by atoms with Crippen molar-refractivity contribution in [1.29, 1.82) is 0 Å². The van der Waals surface area contributed by atoms with Gasteiger partial charge in [-0.2, -0.15) is 5.10 Å². The molecule has 0 aliphatic carbocycles. The molecule has 0 radical (unpaired) electrons. The quantitative estimate of drug-likeness (QED) is 0.360. The first kappa shape index (κ1) is 23.1. The number of rotatable bonds is 7. The molecule has 0 saturated carbocycles. The average molecular weight is 495 g/mol. The molecule has 1 aliphatic rings. The van der Waals surface area contributed by atoms with Crippen LogP contribution in [0.2, 0.25) is 0 Å². The molecule has 1 fully saturated rings. The molecule has 4 N–H and O–H groups in total. The fourth-order valence-electron chi connectivity index (χ4n) is 4.50. The van der Waals surface area contributed by atoms with Gasteiger partial charge in [-0.25, -0.2) is 9.50 Å². The number of nitrogens with one attached hydrogen (secondary N) is 2. The van der Waals surface area contributed by atoms with E-state index < -0.39 is 11.9 Å². The number of aryl methyl sites for hydroxylation is 1. The molecule has 10 nitrogen and oxygen atoms in total. The molecule has 11 heteroatoms. The Labute approximate surface area is 205 Å².